The topological polar surface area (TPSA) is 41.9 Å². The second-order valence-corrected chi connectivity index (χ2v) is 5.60. The molecule has 2 aromatic rings. The first-order valence-corrected chi connectivity index (χ1v) is 7.34. The second kappa shape index (κ2) is 5.99. The Morgan fingerprint density at radius 3 is 2.50 bits per heavy atom. The van der Waals surface area contributed by atoms with Crippen molar-refractivity contribution in [2.24, 2.45) is 5.10 Å². The number of nitrogens with zero attached hydrogens (tertiary/aromatic N) is 2. The molecule has 4 nitrogen and oxygen atoms in total. The molecule has 2 aromatic carbocycles. The van der Waals surface area contributed by atoms with E-state index < -0.39 is 0 Å². The van der Waals surface area contributed by atoms with Gasteiger partial charge in [-0.15, -0.1) is 0 Å². The fraction of sp³-hybridized carbons (Fsp3) is 0.125. The predicted octanol–water partition coefficient (Wildman–Crippen LogP) is 4.14. The van der Waals surface area contributed by atoms with Gasteiger partial charge in [0, 0.05) is 5.02 Å². The zero-order valence-electron chi connectivity index (χ0n) is 11.7. The molecule has 22 heavy (non-hydrogen) atoms. The molecule has 1 amide bonds. The molecule has 0 aromatic heterocycles. The molecule has 0 saturated carbocycles. The van der Waals surface area contributed by atoms with Crippen molar-refractivity contribution in [1.82, 2.24) is 0 Å². The van der Waals surface area contributed by atoms with Crippen LogP contribution in [0.25, 0.3) is 0 Å². The third-order valence-corrected chi connectivity index (χ3v) is 3.87. The van der Waals surface area contributed by atoms with Crippen LogP contribution in [0.3, 0.4) is 0 Å². The van der Waals surface area contributed by atoms with Crippen molar-refractivity contribution in [3.8, 4) is 5.75 Å². The highest BCUT2D eigenvalue weighted by molar-refractivity contribution is 6.37. The van der Waals surface area contributed by atoms with Crippen LogP contribution in [0, 0.1) is 0 Å². The Hall–Kier alpha value is -2.04. The largest absolute Gasteiger partial charge is 0.497 e. The molecular weight excluding hydrogens is 323 g/mol. The molecule has 1 aliphatic heterocycles. The number of halogens is 2. The Labute approximate surface area is 137 Å². The third-order valence-electron chi connectivity index (χ3n) is 3.34. The van der Waals surface area contributed by atoms with Crippen LogP contribution in [0.15, 0.2) is 47.6 Å². The van der Waals surface area contributed by atoms with E-state index >= 15 is 0 Å². The minimum atomic E-state index is -0.130. The smallest absolute Gasteiger partial charge is 0.253 e. The van der Waals surface area contributed by atoms with Gasteiger partial charge < -0.3 is 4.74 Å². The number of hydrogen-bond acceptors (Lipinski definition) is 3. The van der Waals surface area contributed by atoms with E-state index in [0.29, 0.717) is 21.4 Å². The van der Waals surface area contributed by atoms with Crippen LogP contribution in [0.5, 0.6) is 5.75 Å². The second-order valence-electron chi connectivity index (χ2n) is 4.75. The van der Waals surface area contributed by atoms with Crippen molar-refractivity contribution >= 4 is 40.5 Å². The van der Waals surface area contributed by atoms with Crippen LogP contribution in [0.4, 0.5) is 5.69 Å². The summed E-state index contributed by atoms with van der Waals surface area (Å²) in [6.45, 7) is 0. The first kappa shape index (κ1) is 14.9. The quantitative estimate of drug-likeness (QED) is 0.846. The fourth-order valence-corrected chi connectivity index (χ4v) is 2.70. The van der Waals surface area contributed by atoms with Crippen LogP contribution in [-0.4, -0.2) is 18.7 Å². The number of hydrazone groups is 1. The number of benzene rings is 2. The molecular formula is C16H12Cl2N2O2. The Morgan fingerprint density at radius 1 is 1.14 bits per heavy atom. The van der Waals surface area contributed by atoms with Gasteiger partial charge in [-0.25, -0.2) is 0 Å². The van der Waals surface area contributed by atoms with Gasteiger partial charge in [0.1, 0.15) is 5.75 Å². The standard InChI is InChI=1S/C16H12Cl2N2O2/c1-22-12-5-2-10(3-6-12)14-9-16(21)20(19-14)15-7-4-11(17)8-13(15)18/h2-8H,9H2,1H3. The first-order chi connectivity index (χ1) is 10.6. The van der Waals surface area contributed by atoms with Gasteiger partial charge in [0.25, 0.3) is 5.91 Å². The summed E-state index contributed by atoms with van der Waals surface area (Å²) in [6.07, 6.45) is 0.227. The van der Waals surface area contributed by atoms with Crippen LogP contribution in [-0.2, 0) is 4.79 Å². The van der Waals surface area contributed by atoms with E-state index in [-0.39, 0.29) is 12.3 Å². The number of hydrogen-bond donors (Lipinski definition) is 0. The molecule has 0 radical (unpaired) electrons. The van der Waals surface area contributed by atoms with Crippen LogP contribution in [0.1, 0.15) is 12.0 Å². The molecule has 112 valence electrons. The number of methoxy groups -OCH3 is 1. The molecule has 0 unspecified atom stereocenters. The molecule has 0 fully saturated rings. The third kappa shape index (κ3) is 2.80. The van der Waals surface area contributed by atoms with Gasteiger partial charge in [0.05, 0.1) is 30.0 Å². The highest BCUT2D eigenvalue weighted by Crippen LogP contribution is 2.32. The maximum Gasteiger partial charge on any atom is 0.253 e. The summed E-state index contributed by atoms with van der Waals surface area (Å²) in [4.78, 5) is 12.2. The maximum atomic E-state index is 12.2. The van der Waals surface area contributed by atoms with Crippen molar-refractivity contribution in [3.05, 3.63) is 58.1 Å². The van der Waals surface area contributed by atoms with Gasteiger partial charge >= 0.3 is 0 Å². The number of carbonyl (C=O) groups excluding carboxylic acids is 1. The van der Waals surface area contributed by atoms with E-state index in [1.54, 1.807) is 25.3 Å². The van der Waals surface area contributed by atoms with Gasteiger partial charge in [-0.3, -0.25) is 4.79 Å². The normalized spacial score (nSPS) is 14.2. The molecule has 0 bridgehead atoms. The molecule has 0 aliphatic carbocycles. The van der Waals surface area contributed by atoms with E-state index in [1.165, 1.54) is 5.01 Å². The predicted molar refractivity (Wildman–Crippen MR) is 88.1 cm³/mol. The lowest BCUT2D eigenvalue weighted by molar-refractivity contribution is -0.116. The van der Waals surface area contributed by atoms with E-state index in [4.69, 9.17) is 27.9 Å². The number of ether oxygens (including phenoxy) is 1. The average molecular weight is 335 g/mol. The molecule has 6 heteroatoms. The number of amides is 1. The van der Waals surface area contributed by atoms with Crippen LogP contribution >= 0.6 is 23.2 Å². The lowest BCUT2D eigenvalue weighted by Gasteiger charge is -2.13. The lowest BCUT2D eigenvalue weighted by Crippen LogP contribution is -2.19. The van der Waals surface area contributed by atoms with E-state index in [1.807, 2.05) is 24.3 Å². The summed E-state index contributed by atoms with van der Waals surface area (Å²) in [5.41, 5.74) is 2.10. The van der Waals surface area contributed by atoms with Gasteiger partial charge in [-0.05, 0) is 48.0 Å². The summed E-state index contributed by atoms with van der Waals surface area (Å²) in [5.74, 6) is 0.626. The summed E-state index contributed by atoms with van der Waals surface area (Å²) < 4.78 is 5.12. The average Bonchev–Trinajstić information content (AvgIpc) is 2.89. The molecule has 3 rings (SSSR count). The van der Waals surface area contributed by atoms with E-state index in [2.05, 4.69) is 5.10 Å². The van der Waals surface area contributed by atoms with Crippen LogP contribution < -0.4 is 9.75 Å². The molecule has 1 aliphatic rings. The van der Waals surface area contributed by atoms with Crippen LogP contribution in [0.2, 0.25) is 10.0 Å². The fourth-order valence-electron chi connectivity index (χ4n) is 2.21. The highest BCUT2D eigenvalue weighted by atomic mass is 35.5. The van der Waals surface area contributed by atoms with Crippen molar-refractivity contribution in [3.63, 3.8) is 0 Å². The molecule has 0 atom stereocenters. The van der Waals surface area contributed by atoms with E-state index in [9.17, 15) is 4.79 Å². The van der Waals surface area contributed by atoms with Crippen molar-refractivity contribution in [2.45, 2.75) is 6.42 Å². The summed E-state index contributed by atoms with van der Waals surface area (Å²) in [5, 5.41) is 6.61. The van der Waals surface area contributed by atoms with Crippen molar-refractivity contribution < 1.29 is 9.53 Å². The highest BCUT2D eigenvalue weighted by Gasteiger charge is 2.27. The monoisotopic (exact) mass is 334 g/mol. The Balaban J connectivity index is 1.93. The van der Waals surface area contributed by atoms with Gasteiger partial charge in [-0.2, -0.15) is 10.1 Å². The zero-order chi connectivity index (χ0) is 15.7. The SMILES string of the molecule is COc1ccc(C2=NN(c3ccc(Cl)cc3Cl)C(=O)C2)cc1. The minimum Gasteiger partial charge on any atom is -0.497 e. The van der Waals surface area contributed by atoms with E-state index in [0.717, 1.165) is 11.3 Å². The summed E-state index contributed by atoms with van der Waals surface area (Å²) in [6, 6.07) is 12.4. The number of carbonyl (C=O) groups is 1. The molecule has 0 saturated heterocycles. The number of anilines is 1. The first-order valence-electron chi connectivity index (χ1n) is 6.58. The maximum absolute atomic E-state index is 12.2. The molecule has 1 heterocycles. The zero-order valence-corrected chi connectivity index (χ0v) is 13.2. The summed E-state index contributed by atoms with van der Waals surface area (Å²) in [7, 11) is 1.61. The lowest BCUT2D eigenvalue weighted by atomic mass is 10.1. The molecule has 0 spiro atoms. The van der Waals surface area contributed by atoms with Crippen molar-refractivity contribution in [2.75, 3.05) is 12.1 Å². The van der Waals surface area contributed by atoms with Gasteiger partial charge in [0.15, 0.2) is 0 Å². The Bertz CT molecular complexity index is 757. The Morgan fingerprint density at radius 2 is 1.86 bits per heavy atom. The van der Waals surface area contributed by atoms with Gasteiger partial charge in [0.2, 0.25) is 0 Å². The minimum absolute atomic E-state index is 0.130. The molecule has 0 N–H and O–H groups in total. The number of rotatable bonds is 3. The van der Waals surface area contributed by atoms with Crippen molar-refractivity contribution in [1.29, 1.82) is 0 Å². The van der Waals surface area contributed by atoms with Gasteiger partial charge in [-0.1, -0.05) is 23.2 Å². The Kier molecular flexibility index (Phi) is 4.05. The summed E-state index contributed by atoms with van der Waals surface area (Å²) >= 11 is 12.0.